The zero-order chi connectivity index (χ0) is 21.5. The summed E-state index contributed by atoms with van der Waals surface area (Å²) in [5, 5.41) is 12.8. The highest BCUT2D eigenvalue weighted by molar-refractivity contribution is 6.42. The SMILES string of the molecule is Cc1ccc(COc2ccccc2/C=C(\C#N)C(=O)Nc2ccc(Cl)c(Cl)c2)cc1. The predicted octanol–water partition coefficient (Wildman–Crippen LogP) is 6.43. The highest BCUT2D eigenvalue weighted by atomic mass is 35.5. The number of carbonyl (C=O) groups excluding carboxylic acids is 1. The largest absolute Gasteiger partial charge is 0.488 e. The van der Waals surface area contributed by atoms with E-state index in [1.54, 1.807) is 24.3 Å². The summed E-state index contributed by atoms with van der Waals surface area (Å²) in [6.07, 6.45) is 1.50. The van der Waals surface area contributed by atoms with Crippen molar-refractivity contribution >= 4 is 40.9 Å². The Labute approximate surface area is 185 Å². The van der Waals surface area contributed by atoms with Gasteiger partial charge < -0.3 is 10.1 Å². The molecule has 3 aromatic carbocycles. The smallest absolute Gasteiger partial charge is 0.266 e. The minimum atomic E-state index is -0.552. The number of rotatable bonds is 6. The van der Waals surface area contributed by atoms with E-state index in [1.165, 1.54) is 17.7 Å². The summed E-state index contributed by atoms with van der Waals surface area (Å²) < 4.78 is 5.92. The molecule has 0 spiro atoms. The van der Waals surface area contributed by atoms with Crippen molar-refractivity contribution in [2.75, 3.05) is 5.32 Å². The fourth-order valence-electron chi connectivity index (χ4n) is 2.65. The molecule has 0 aliphatic carbocycles. The predicted molar refractivity (Wildman–Crippen MR) is 121 cm³/mol. The third-order valence-corrected chi connectivity index (χ3v) is 5.02. The van der Waals surface area contributed by atoms with Crippen molar-refractivity contribution in [1.29, 1.82) is 5.26 Å². The molecule has 1 amide bonds. The lowest BCUT2D eigenvalue weighted by molar-refractivity contribution is -0.112. The van der Waals surface area contributed by atoms with Crippen molar-refractivity contribution in [3.8, 4) is 11.8 Å². The second kappa shape index (κ2) is 9.98. The molecule has 4 nitrogen and oxygen atoms in total. The van der Waals surface area contributed by atoms with Gasteiger partial charge in [0.1, 0.15) is 24.0 Å². The molecule has 0 heterocycles. The van der Waals surface area contributed by atoms with Gasteiger partial charge in [-0.3, -0.25) is 4.79 Å². The maximum absolute atomic E-state index is 12.5. The first-order chi connectivity index (χ1) is 14.5. The normalized spacial score (nSPS) is 10.9. The van der Waals surface area contributed by atoms with E-state index >= 15 is 0 Å². The maximum Gasteiger partial charge on any atom is 0.266 e. The van der Waals surface area contributed by atoms with Crippen molar-refractivity contribution < 1.29 is 9.53 Å². The fraction of sp³-hybridized carbons (Fsp3) is 0.0833. The number of halogens is 2. The lowest BCUT2D eigenvalue weighted by Gasteiger charge is -2.10. The molecule has 1 N–H and O–H groups in total. The molecule has 0 unspecified atom stereocenters. The molecule has 0 radical (unpaired) electrons. The van der Waals surface area contributed by atoms with E-state index in [1.807, 2.05) is 49.4 Å². The molecule has 0 saturated carbocycles. The highest BCUT2D eigenvalue weighted by Crippen LogP contribution is 2.26. The van der Waals surface area contributed by atoms with Crippen molar-refractivity contribution in [3.63, 3.8) is 0 Å². The average Bonchev–Trinajstić information content (AvgIpc) is 2.75. The Balaban J connectivity index is 1.78. The second-order valence-corrected chi connectivity index (χ2v) is 7.38. The first kappa shape index (κ1) is 21.4. The monoisotopic (exact) mass is 436 g/mol. The van der Waals surface area contributed by atoms with Crippen LogP contribution in [-0.4, -0.2) is 5.91 Å². The van der Waals surface area contributed by atoms with Gasteiger partial charge in [-0.25, -0.2) is 0 Å². The summed E-state index contributed by atoms with van der Waals surface area (Å²) in [4.78, 5) is 12.5. The van der Waals surface area contributed by atoms with Gasteiger partial charge in [-0.1, -0.05) is 71.2 Å². The van der Waals surface area contributed by atoms with Crippen LogP contribution in [0.5, 0.6) is 5.75 Å². The lowest BCUT2D eigenvalue weighted by Crippen LogP contribution is -2.13. The van der Waals surface area contributed by atoms with Crippen LogP contribution in [0.25, 0.3) is 6.08 Å². The molecule has 30 heavy (non-hydrogen) atoms. The summed E-state index contributed by atoms with van der Waals surface area (Å²) in [6.45, 7) is 2.40. The summed E-state index contributed by atoms with van der Waals surface area (Å²) in [6, 6.07) is 21.9. The third-order valence-electron chi connectivity index (χ3n) is 4.28. The van der Waals surface area contributed by atoms with E-state index in [0.29, 0.717) is 33.7 Å². The lowest BCUT2D eigenvalue weighted by atomic mass is 10.1. The molecule has 0 bridgehead atoms. The minimum Gasteiger partial charge on any atom is -0.488 e. The minimum absolute atomic E-state index is 0.0625. The van der Waals surface area contributed by atoms with Gasteiger partial charge >= 0.3 is 0 Å². The van der Waals surface area contributed by atoms with Crippen molar-refractivity contribution in [2.24, 2.45) is 0 Å². The summed E-state index contributed by atoms with van der Waals surface area (Å²) in [5.41, 5.74) is 3.21. The number of benzene rings is 3. The highest BCUT2D eigenvalue weighted by Gasteiger charge is 2.12. The number of aryl methyl sites for hydroxylation is 1. The van der Waals surface area contributed by atoms with Gasteiger partial charge in [0, 0.05) is 11.3 Å². The molecule has 0 aliphatic rings. The maximum atomic E-state index is 12.5. The number of amides is 1. The molecule has 6 heteroatoms. The number of nitrogens with one attached hydrogen (secondary N) is 1. The Bertz CT molecular complexity index is 1130. The van der Waals surface area contributed by atoms with Crippen molar-refractivity contribution in [3.05, 3.63) is 99.0 Å². The molecular formula is C24H18Cl2N2O2. The van der Waals surface area contributed by atoms with Gasteiger partial charge in [0.25, 0.3) is 5.91 Å². The Morgan fingerprint density at radius 1 is 1.07 bits per heavy atom. The van der Waals surface area contributed by atoms with Gasteiger partial charge in [-0.2, -0.15) is 5.26 Å². The number of nitriles is 1. The van der Waals surface area contributed by atoms with Crippen LogP contribution in [0, 0.1) is 18.3 Å². The van der Waals surface area contributed by atoms with Crippen LogP contribution in [0.4, 0.5) is 5.69 Å². The van der Waals surface area contributed by atoms with E-state index in [9.17, 15) is 10.1 Å². The summed E-state index contributed by atoms with van der Waals surface area (Å²) >= 11 is 11.9. The van der Waals surface area contributed by atoms with Gasteiger partial charge in [0.2, 0.25) is 0 Å². The number of carbonyl (C=O) groups is 1. The van der Waals surface area contributed by atoms with Crippen LogP contribution in [0.1, 0.15) is 16.7 Å². The Morgan fingerprint density at radius 3 is 2.50 bits per heavy atom. The molecule has 3 aromatic rings. The first-order valence-corrected chi connectivity index (χ1v) is 9.87. The topological polar surface area (TPSA) is 62.1 Å². The van der Waals surface area contributed by atoms with Gasteiger partial charge in [0.15, 0.2) is 0 Å². The molecule has 0 aliphatic heterocycles. The number of hydrogen-bond acceptors (Lipinski definition) is 3. The fourth-order valence-corrected chi connectivity index (χ4v) is 2.95. The van der Waals surface area contributed by atoms with Crippen LogP contribution < -0.4 is 10.1 Å². The molecule has 0 aromatic heterocycles. The zero-order valence-electron chi connectivity index (χ0n) is 16.2. The van der Waals surface area contributed by atoms with E-state index in [2.05, 4.69) is 5.32 Å². The van der Waals surface area contributed by atoms with E-state index in [4.69, 9.17) is 27.9 Å². The van der Waals surface area contributed by atoms with E-state index in [-0.39, 0.29) is 5.57 Å². The second-order valence-electron chi connectivity index (χ2n) is 6.56. The molecule has 0 fully saturated rings. The standard InChI is InChI=1S/C24H18Cl2N2O2/c1-16-6-8-17(9-7-16)15-30-23-5-3-2-4-18(23)12-19(14-27)24(29)28-20-10-11-21(25)22(26)13-20/h2-13H,15H2,1H3,(H,28,29)/b19-12+. The molecule has 0 saturated heterocycles. The molecular weight excluding hydrogens is 419 g/mol. The van der Waals surface area contributed by atoms with Gasteiger partial charge in [-0.15, -0.1) is 0 Å². The summed E-state index contributed by atoms with van der Waals surface area (Å²) in [7, 11) is 0. The number of anilines is 1. The van der Waals surface area contributed by atoms with E-state index in [0.717, 1.165) is 5.56 Å². The van der Waals surface area contributed by atoms with Crippen LogP contribution in [-0.2, 0) is 11.4 Å². The molecule has 150 valence electrons. The van der Waals surface area contributed by atoms with Crippen LogP contribution in [0.15, 0.2) is 72.3 Å². The number of nitrogens with zero attached hydrogens (tertiary/aromatic N) is 1. The van der Waals surface area contributed by atoms with Gasteiger partial charge in [-0.05, 0) is 42.8 Å². The number of para-hydroxylation sites is 1. The van der Waals surface area contributed by atoms with E-state index < -0.39 is 5.91 Å². The quantitative estimate of drug-likeness (QED) is 0.357. The Kier molecular flexibility index (Phi) is 7.13. The zero-order valence-corrected chi connectivity index (χ0v) is 17.7. The van der Waals surface area contributed by atoms with Gasteiger partial charge in [0.05, 0.1) is 10.0 Å². The van der Waals surface area contributed by atoms with Crippen molar-refractivity contribution in [1.82, 2.24) is 0 Å². The molecule has 3 rings (SSSR count). The number of ether oxygens (including phenoxy) is 1. The van der Waals surface area contributed by atoms with Crippen LogP contribution >= 0.6 is 23.2 Å². The van der Waals surface area contributed by atoms with Crippen LogP contribution in [0.3, 0.4) is 0 Å². The number of hydrogen-bond donors (Lipinski definition) is 1. The molecule has 0 atom stereocenters. The van der Waals surface area contributed by atoms with Crippen LogP contribution in [0.2, 0.25) is 10.0 Å². The Morgan fingerprint density at radius 2 is 1.80 bits per heavy atom. The first-order valence-electron chi connectivity index (χ1n) is 9.12. The third kappa shape index (κ3) is 5.64. The summed E-state index contributed by atoms with van der Waals surface area (Å²) in [5.74, 6) is 0.0254. The Hall–Kier alpha value is -3.26. The average molecular weight is 437 g/mol. The van der Waals surface area contributed by atoms with Crippen molar-refractivity contribution in [2.45, 2.75) is 13.5 Å².